The third kappa shape index (κ3) is 5.46. The van der Waals surface area contributed by atoms with E-state index in [-0.39, 0.29) is 5.91 Å². The summed E-state index contributed by atoms with van der Waals surface area (Å²) >= 11 is 0. The van der Waals surface area contributed by atoms with Crippen LogP contribution in [0.25, 0.3) is 0 Å². The van der Waals surface area contributed by atoms with E-state index < -0.39 is 0 Å². The minimum absolute atomic E-state index is 0.209. The predicted molar refractivity (Wildman–Crippen MR) is 107 cm³/mol. The highest BCUT2D eigenvalue weighted by Crippen LogP contribution is 2.11. The molecule has 1 fully saturated rings. The Morgan fingerprint density at radius 1 is 1.29 bits per heavy atom. The lowest BCUT2D eigenvalue weighted by Crippen LogP contribution is -2.35. The molecule has 1 aliphatic heterocycles. The summed E-state index contributed by atoms with van der Waals surface area (Å²) in [5.41, 5.74) is 2.28. The van der Waals surface area contributed by atoms with Crippen LogP contribution < -0.4 is 10.2 Å². The summed E-state index contributed by atoms with van der Waals surface area (Å²) in [6.45, 7) is 9.32. The molecule has 28 heavy (non-hydrogen) atoms. The molecule has 0 unspecified atom stereocenters. The van der Waals surface area contributed by atoms with E-state index in [9.17, 15) is 4.79 Å². The van der Waals surface area contributed by atoms with Gasteiger partial charge in [0.1, 0.15) is 17.3 Å². The maximum atomic E-state index is 12.4. The quantitative estimate of drug-likeness (QED) is 0.772. The second kappa shape index (κ2) is 9.57. The van der Waals surface area contributed by atoms with Gasteiger partial charge < -0.3 is 15.0 Å². The van der Waals surface area contributed by atoms with Gasteiger partial charge in [0.15, 0.2) is 0 Å². The molecular weight excluding hydrogens is 356 g/mol. The van der Waals surface area contributed by atoms with Gasteiger partial charge in [-0.05, 0) is 25.5 Å². The molecule has 3 rings (SSSR count). The zero-order valence-electron chi connectivity index (χ0n) is 16.8. The molecule has 8 nitrogen and oxygen atoms in total. The standard InChI is InChI=1S/C20H28N6O2/c1-4-25(3)19-11-17(23-15(2)24-19)13-22-20(27)18-6-5-16(12-21-18)14-26-7-9-28-10-8-26/h5-6,11-12H,4,7-10,13-14H2,1-3H3,(H,22,27). The summed E-state index contributed by atoms with van der Waals surface area (Å²) < 4.78 is 5.36. The van der Waals surface area contributed by atoms with Gasteiger partial charge in [-0.3, -0.25) is 14.7 Å². The lowest BCUT2D eigenvalue weighted by atomic mass is 10.2. The van der Waals surface area contributed by atoms with Crippen molar-refractivity contribution in [2.24, 2.45) is 0 Å². The van der Waals surface area contributed by atoms with E-state index in [0.29, 0.717) is 18.1 Å². The van der Waals surface area contributed by atoms with Gasteiger partial charge in [-0.25, -0.2) is 9.97 Å². The predicted octanol–water partition coefficient (Wildman–Crippen LogP) is 1.40. The maximum absolute atomic E-state index is 12.4. The Bertz CT molecular complexity index is 790. The highest BCUT2D eigenvalue weighted by molar-refractivity contribution is 5.92. The molecule has 1 aliphatic rings. The van der Waals surface area contributed by atoms with Gasteiger partial charge in [0.05, 0.1) is 25.5 Å². The van der Waals surface area contributed by atoms with Crippen molar-refractivity contribution in [1.82, 2.24) is 25.2 Å². The number of aromatic nitrogens is 3. The van der Waals surface area contributed by atoms with Gasteiger partial charge in [0.25, 0.3) is 5.91 Å². The number of morpholine rings is 1. The maximum Gasteiger partial charge on any atom is 0.270 e. The van der Waals surface area contributed by atoms with Gasteiger partial charge in [0.2, 0.25) is 0 Å². The molecule has 0 radical (unpaired) electrons. The molecule has 0 bridgehead atoms. The summed E-state index contributed by atoms with van der Waals surface area (Å²) in [6.07, 6.45) is 1.77. The second-order valence-electron chi connectivity index (χ2n) is 6.90. The molecule has 150 valence electrons. The summed E-state index contributed by atoms with van der Waals surface area (Å²) in [4.78, 5) is 29.9. The molecule has 0 spiro atoms. The highest BCUT2D eigenvalue weighted by Gasteiger charge is 2.13. The fourth-order valence-corrected chi connectivity index (χ4v) is 2.99. The number of rotatable bonds is 7. The fourth-order valence-electron chi connectivity index (χ4n) is 2.99. The Balaban J connectivity index is 1.56. The molecule has 3 heterocycles. The highest BCUT2D eigenvalue weighted by atomic mass is 16.5. The van der Waals surface area contributed by atoms with E-state index in [4.69, 9.17) is 4.74 Å². The second-order valence-corrected chi connectivity index (χ2v) is 6.90. The van der Waals surface area contributed by atoms with Gasteiger partial charge >= 0.3 is 0 Å². The number of nitrogens with one attached hydrogen (secondary N) is 1. The molecule has 1 saturated heterocycles. The minimum atomic E-state index is -0.209. The third-order valence-electron chi connectivity index (χ3n) is 4.74. The van der Waals surface area contributed by atoms with Crippen molar-refractivity contribution in [2.75, 3.05) is 44.8 Å². The molecule has 0 aliphatic carbocycles. The van der Waals surface area contributed by atoms with E-state index in [0.717, 1.165) is 56.5 Å². The van der Waals surface area contributed by atoms with Crippen molar-refractivity contribution in [2.45, 2.75) is 26.9 Å². The lowest BCUT2D eigenvalue weighted by molar-refractivity contribution is 0.0341. The molecule has 2 aromatic heterocycles. The topological polar surface area (TPSA) is 83.5 Å². The van der Waals surface area contributed by atoms with Crippen LogP contribution in [0.15, 0.2) is 24.4 Å². The Kier molecular flexibility index (Phi) is 6.89. The van der Waals surface area contributed by atoms with Crippen molar-refractivity contribution in [3.8, 4) is 0 Å². The van der Waals surface area contributed by atoms with Crippen LogP contribution in [0.2, 0.25) is 0 Å². The first-order chi connectivity index (χ1) is 13.5. The third-order valence-corrected chi connectivity index (χ3v) is 4.74. The normalized spacial score (nSPS) is 14.7. The van der Waals surface area contributed by atoms with Crippen molar-refractivity contribution in [3.05, 3.63) is 47.2 Å². The zero-order chi connectivity index (χ0) is 19.9. The number of aryl methyl sites for hydroxylation is 1. The average Bonchev–Trinajstić information content (AvgIpc) is 2.72. The van der Waals surface area contributed by atoms with Crippen molar-refractivity contribution >= 4 is 11.7 Å². The molecule has 0 aromatic carbocycles. The smallest absolute Gasteiger partial charge is 0.270 e. The van der Waals surface area contributed by atoms with Gasteiger partial charge in [0, 0.05) is 45.5 Å². The average molecular weight is 384 g/mol. The molecule has 0 saturated carbocycles. The number of pyridine rings is 1. The van der Waals surface area contributed by atoms with Crippen molar-refractivity contribution in [3.63, 3.8) is 0 Å². The van der Waals surface area contributed by atoms with E-state index in [1.54, 1.807) is 12.3 Å². The molecule has 1 N–H and O–H groups in total. The largest absolute Gasteiger partial charge is 0.379 e. The Morgan fingerprint density at radius 3 is 2.75 bits per heavy atom. The van der Waals surface area contributed by atoms with Gasteiger partial charge in [-0.1, -0.05) is 6.07 Å². The first-order valence-corrected chi connectivity index (χ1v) is 9.64. The minimum Gasteiger partial charge on any atom is -0.379 e. The molecule has 2 aromatic rings. The first kappa shape index (κ1) is 20.2. The van der Waals surface area contributed by atoms with E-state index in [2.05, 4.69) is 32.1 Å². The van der Waals surface area contributed by atoms with Gasteiger partial charge in [-0.2, -0.15) is 0 Å². The van der Waals surface area contributed by atoms with E-state index in [1.807, 2.05) is 31.0 Å². The van der Waals surface area contributed by atoms with Crippen LogP contribution in [-0.4, -0.2) is 65.7 Å². The lowest BCUT2D eigenvalue weighted by Gasteiger charge is -2.26. The number of ether oxygens (including phenoxy) is 1. The number of nitrogens with zero attached hydrogens (tertiary/aromatic N) is 5. The number of hydrogen-bond acceptors (Lipinski definition) is 7. The summed E-state index contributed by atoms with van der Waals surface area (Å²) in [6, 6.07) is 5.63. The van der Waals surface area contributed by atoms with Crippen molar-refractivity contribution in [1.29, 1.82) is 0 Å². The van der Waals surface area contributed by atoms with Crippen LogP contribution in [0.4, 0.5) is 5.82 Å². The van der Waals surface area contributed by atoms with Crippen LogP contribution in [0.3, 0.4) is 0 Å². The van der Waals surface area contributed by atoms with E-state index in [1.165, 1.54) is 0 Å². The van der Waals surface area contributed by atoms with Crippen LogP contribution in [0.5, 0.6) is 0 Å². The Labute approximate surface area is 166 Å². The van der Waals surface area contributed by atoms with Crippen molar-refractivity contribution < 1.29 is 9.53 Å². The fraction of sp³-hybridized carbons (Fsp3) is 0.500. The molecule has 1 amide bonds. The van der Waals surface area contributed by atoms with Crippen LogP contribution >= 0.6 is 0 Å². The number of anilines is 1. The molecular formula is C20H28N6O2. The van der Waals surface area contributed by atoms with Crippen LogP contribution in [-0.2, 0) is 17.8 Å². The Hall–Kier alpha value is -2.58. The van der Waals surface area contributed by atoms with Crippen LogP contribution in [0.1, 0.15) is 34.5 Å². The zero-order valence-corrected chi connectivity index (χ0v) is 16.8. The number of carbonyl (C=O) groups excluding carboxylic acids is 1. The number of hydrogen-bond donors (Lipinski definition) is 1. The summed E-state index contributed by atoms with van der Waals surface area (Å²) in [5.74, 6) is 1.33. The van der Waals surface area contributed by atoms with Crippen LogP contribution in [0, 0.1) is 6.92 Å². The monoisotopic (exact) mass is 384 g/mol. The Morgan fingerprint density at radius 2 is 2.07 bits per heavy atom. The SMILES string of the molecule is CCN(C)c1cc(CNC(=O)c2ccc(CN3CCOCC3)cn2)nc(C)n1. The van der Waals surface area contributed by atoms with E-state index >= 15 is 0 Å². The van der Waals surface area contributed by atoms with Gasteiger partial charge in [-0.15, -0.1) is 0 Å². The first-order valence-electron chi connectivity index (χ1n) is 9.64. The number of carbonyl (C=O) groups is 1. The molecule has 0 atom stereocenters. The number of amides is 1. The summed E-state index contributed by atoms with van der Waals surface area (Å²) in [7, 11) is 1.98. The molecule has 8 heteroatoms. The summed E-state index contributed by atoms with van der Waals surface area (Å²) in [5, 5.41) is 2.89.